The van der Waals surface area contributed by atoms with Crippen LogP contribution in [0, 0.1) is 5.92 Å². The van der Waals surface area contributed by atoms with Crippen molar-refractivity contribution in [2.75, 3.05) is 26.8 Å². The number of hydrogen-bond acceptors (Lipinski definition) is 3. The normalized spacial score (nSPS) is 16.1. The second-order valence-electron chi connectivity index (χ2n) is 4.70. The maximum Gasteiger partial charge on any atom is 0.248 e. The molecular weight excluding hydrogens is 236 g/mol. The van der Waals surface area contributed by atoms with Crippen LogP contribution in [-0.4, -0.2) is 42.6 Å². The first-order valence-corrected chi connectivity index (χ1v) is 6.60. The van der Waals surface area contributed by atoms with E-state index in [0.717, 1.165) is 6.61 Å². The van der Waals surface area contributed by atoms with Crippen molar-refractivity contribution in [1.29, 1.82) is 0 Å². The topological polar surface area (TPSA) is 55.6 Å². The third-order valence-corrected chi connectivity index (χ3v) is 3.38. The van der Waals surface area contributed by atoms with Gasteiger partial charge in [-0.2, -0.15) is 0 Å². The lowest BCUT2D eigenvalue weighted by Gasteiger charge is -2.17. The minimum absolute atomic E-state index is 0.000697. The van der Waals surface area contributed by atoms with E-state index in [-0.39, 0.29) is 12.5 Å². The van der Waals surface area contributed by atoms with Crippen LogP contribution in [0.1, 0.15) is 32.1 Å². The fourth-order valence-electron chi connectivity index (χ4n) is 2.00. The molecule has 0 heterocycles. The Bertz CT molecular complexity index is 265. The average Bonchev–Trinajstić information content (AvgIpc) is 2.78. The highest BCUT2D eigenvalue weighted by atomic mass is 32.1. The standard InChI is InChI=1S/C12H22N2O2S/c1-14(7-6-11(13)17)12(15)9-16-8-10-4-2-3-5-10/h10H,2-9H2,1H3,(H2,13,17). The van der Waals surface area contributed by atoms with Crippen molar-refractivity contribution in [3.63, 3.8) is 0 Å². The van der Waals surface area contributed by atoms with Gasteiger partial charge in [0.2, 0.25) is 5.91 Å². The molecule has 1 amide bonds. The minimum atomic E-state index is -0.000697. The number of likely N-dealkylation sites (N-methyl/N-ethyl adjacent to an activating group) is 1. The zero-order valence-electron chi connectivity index (χ0n) is 10.5. The monoisotopic (exact) mass is 258 g/mol. The van der Waals surface area contributed by atoms with Crippen LogP contribution >= 0.6 is 12.2 Å². The molecular formula is C12H22N2O2S. The Balaban J connectivity index is 2.08. The predicted molar refractivity (Wildman–Crippen MR) is 71.8 cm³/mol. The van der Waals surface area contributed by atoms with Gasteiger partial charge in [0.25, 0.3) is 0 Å². The van der Waals surface area contributed by atoms with Crippen LogP contribution in [0.5, 0.6) is 0 Å². The van der Waals surface area contributed by atoms with Gasteiger partial charge >= 0.3 is 0 Å². The third kappa shape index (κ3) is 5.98. The van der Waals surface area contributed by atoms with Crippen molar-refractivity contribution in [3.05, 3.63) is 0 Å². The maximum atomic E-state index is 11.6. The summed E-state index contributed by atoms with van der Waals surface area (Å²) >= 11 is 4.77. The second kappa shape index (κ2) is 7.61. The Morgan fingerprint density at radius 2 is 2.12 bits per heavy atom. The van der Waals surface area contributed by atoms with Gasteiger partial charge in [-0.25, -0.2) is 0 Å². The lowest BCUT2D eigenvalue weighted by Crippen LogP contribution is -2.33. The molecule has 0 spiro atoms. The van der Waals surface area contributed by atoms with Gasteiger partial charge in [0, 0.05) is 20.0 Å². The van der Waals surface area contributed by atoms with Crippen LogP contribution < -0.4 is 5.73 Å². The Hall–Kier alpha value is -0.680. The molecule has 5 heteroatoms. The van der Waals surface area contributed by atoms with Gasteiger partial charge in [-0.3, -0.25) is 4.79 Å². The molecule has 0 atom stereocenters. The van der Waals surface area contributed by atoms with Crippen molar-refractivity contribution >= 4 is 23.1 Å². The lowest BCUT2D eigenvalue weighted by atomic mass is 10.1. The second-order valence-corrected chi connectivity index (χ2v) is 5.22. The van der Waals surface area contributed by atoms with Crippen molar-refractivity contribution in [1.82, 2.24) is 4.90 Å². The van der Waals surface area contributed by atoms with Gasteiger partial charge in [-0.05, 0) is 18.8 Å². The minimum Gasteiger partial charge on any atom is -0.393 e. The van der Waals surface area contributed by atoms with Crippen molar-refractivity contribution in [2.45, 2.75) is 32.1 Å². The quantitative estimate of drug-likeness (QED) is 0.700. The molecule has 1 saturated carbocycles. The summed E-state index contributed by atoms with van der Waals surface area (Å²) in [7, 11) is 1.75. The van der Waals surface area contributed by atoms with Gasteiger partial charge in [-0.1, -0.05) is 25.1 Å². The molecule has 1 rings (SSSR count). The molecule has 98 valence electrons. The molecule has 0 aliphatic heterocycles. The third-order valence-electron chi connectivity index (χ3n) is 3.17. The lowest BCUT2D eigenvalue weighted by molar-refractivity contribution is -0.135. The van der Waals surface area contributed by atoms with E-state index in [9.17, 15) is 4.79 Å². The summed E-state index contributed by atoms with van der Waals surface area (Å²) in [6, 6.07) is 0. The molecule has 0 aromatic carbocycles. The summed E-state index contributed by atoms with van der Waals surface area (Å²) in [5.74, 6) is 0.656. The van der Waals surface area contributed by atoms with Gasteiger partial charge in [0.1, 0.15) is 6.61 Å². The fraction of sp³-hybridized carbons (Fsp3) is 0.833. The summed E-state index contributed by atoms with van der Waals surface area (Å²) in [5, 5.41) is 0. The highest BCUT2D eigenvalue weighted by molar-refractivity contribution is 7.80. The van der Waals surface area contributed by atoms with Gasteiger partial charge in [0.05, 0.1) is 11.6 Å². The Labute approximate surface area is 108 Å². The van der Waals surface area contributed by atoms with Crippen LogP contribution in [0.25, 0.3) is 0 Å². The van der Waals surface area contributed by atoms with E-state index in [4.69, 9.17) is 22.7 Å². The van der Waals surface area contributed by atoms with Crippen LogP contribution in [0.4, 0.5) is 0 Å². The molecule has 0 aromatic rings. The number of amides is 1. The number of thiocarbonyl (C=S) groups is 1. The number of carbonyl (C=O) groups excluding carboxylic acids is 1. The summed E-state index contributed by atoms with van der Waals surface area (Å²) in [6.45, 7) is 1.46. The first kappa shape index (κ1) is 14.4. The molecule has 0 bridgehead atoms. The molecule has 0 unspecified atom stereocenters. The van der Waals surface area contributed by atoms with E-state index in [0.29, 0.717) is 23.9 Å². The molecule has 4 nitrogen and oxygen atoms in total. The predicted octanol–water partition coefficient (Wildman–Crippen LogP) is 1.33. The van der Waals surface area contributed by atoms with Crippen LogP contribution in [0.15, 0.2) is 0 Å². The summed E-state index contributed by atoms with van der Waals surface area (Å²) < 4.78 is 5.45. The van der Waals surface area contributed by atoms with Crippen molar-refractivity contribution < 1.29 is 9.53 Å². The highest BCUT2D eigenvalue weighted by Gasteiger charge is 2.16. The first-order valence-electron chi connectivity index (χ1n) is 6.19. The SMILES string of the molecule is CN(CCC(N)=S)C(=O)COCC1CCCC1. The smallest absolute Gasteiger partial charge is 0.248 e. The number of nitrogens with two attached hydrogens (primary N) is 1. The summed E-state index contributed by atoms with van der Waals surface area (Å²) in [4.78, 5) is 13.7. The van der Waals surface area contributed by atoms with E-state index in [1.165, 1.54) is 25.7 Å². The summed E-state index contributed by atoms with van der Waals surface area (Å²) in [6.07, 6.45) is 5.66. The fourth-order valence-corrected chi connectivity index (χ4v) is 2.09. The Morgan fingerprint density at radius 3 is 2.71 bits per heavy atom. The number of carbonyl (C=O) groups is 1. The van der Waals surface area contributed by atoms with Gasteiger partial charge in [0.15, 0.2) is 0 Å². The molecule has 0 aromatic heterocycles. The van der Waals surface area contributed by atoms with E-state index in [1.807, 2.05) is 0 Å². The first-order chi connectivity index (χ1) is 8.09. The van der Waals surface area contributed by atoms with E-state index in [1.54, 1.807) is 11.9 Å². The number of nitrogens with zero attached hydrogens (tertiary/aromatic N) is 1. The zero-order valence-corrected chi connectivity index (χ0v) is 11.3. The number of hydrogen-bond donors (Lipinski definition) is 1. The Morgan fingerprint density at radius 1 is 1.47 bits per heavy atom. The van der Waals surface area contributed by atoms with Gasteiger partial charge in [-0.15, -0.1) is 0 Å². The van der Waals surface area contributed by atoms with E-state index >= 15 is 0 Å². The molecule has 0 radical (unpaired) electrons. The molecule has 17 heavy (non-hydrogen) atoms. The highest BCUT2D eigenvalue weighted by Crippen LogP contribution is 2.24. The van der Waals surface area contributed by atoms with Crippen molar-refractivity contribution in [3.8, 4) is 0 Å². The number of ether oxygens (including phenoxy) is 1. The molecule has 0 saturated heterocycles. The van der Waals surface area contributed by atoms with E-state index < -0.39 is 0 Å². The maximum absolute atomic E-state index is 11.6. The summed E-state index contributed by atoms with van der Waals surface area (Å²) in [5.41, 5.74) is 5.39. The van der Waals surface area contributed by atoms with Crippen molar-refractivity contribution in [2.24, 2.45) is 11.7 Å². The molecule has 1 fully saturated rings. The van der Waals surface area contributed by atoms with Gasteiger partial charge < -0.3 is 15.4 Å². The Kier molecular flexibility index (Phi) is 6.44. The van der Waals surface area contributed by atoms with Crippen LogP contribution in [-0.2, 0) is 9.53 Å². The van der Waals surface area contributed by atoms with E-state index in [2.05, 4.69) is 0 Å². The zero-order chi connectivity index (χ0) is 12.7. The number of rotatable bonds is 7. The van der Waals surface area contributed by atoms with Crippen LogP contribution in [0.2, 0.25) is 0 Å². The largest absolute Gasteiger partial charge is 0.393 e. The molecule has 1 aliphatic carbocycles. The van der Waals surface area contributed by atoms with Crippen LogP contribution in [0.3, 0.4) is 0 Å². The molecule has 2 N–H and O–H groups in total. The average molecular weight is 258 g/mol. The molecule has 1 aliphatic rings.